The molecule has 2 nitrogen and oxygen atoms in total. The van der Waals surface area contributed by atoms with Gasteiger partial charge < -0.3 is 0 Å². The Bertz CT molecular complexity index is 205. The molecule has 0 amide bonds. The first-order chi connectivity index (χ1) is 7.57. The molecule has 16 heavy (non-hydrogen) atoms. The zero-order chi connectivity index (χ0) is 11.6. The highest BCUT2D eigenvalue weighted by atomic mass is 15.3. The van der Waals surface area contributed by atoms with Crippen LogP contribution in [0.4, 0.5) is 0 Å². The predicted octanol–water partition coefficient (Wildman–Crippen LogP) is 2.74. The first-order valence-electron chi connectivity index (χ1n) is 7.06. The Kier molecular flexibility index (Phi) is 3.91. The lowest BCUT2D eigenvalue weighted by Gasteiger charge is -2.45. The molecule has 1 aliphatic carbocycles. The van der Waals surface area contributed by atoms with Crippen molar-refractivity contribution < 1.29 is 0 Å². The molecule has 1 aliphatic heterocycles. The predicted molar refractivity (Wildman–Crippen MR) is 69.8 cm³/mol. The van der Waals surface area contributed by atoms with Crippen LogP contribution in [0.2, 0.25) is 0 Å². The van der Waals surface area contributed by atoms with E-state index < -0.39 is 0 Å². The van der Waals surface area contributed by atoms with Crippen LogP contribution in [0.1, 0.15) is 52.9 Å². The van der Waals surface area contributed by atoms with E-state index in [1.807, 2.05) is 0 Å². The quantitative estimate of drug-likeness (QED) is 0.676. The number of hydrogen-bond acceptors (Lipinski definition) is 2. The molecule has 1 saturated heterocycles. The van der Waals surface area contributed by atoms with E-state index in [1.165, 1.54) is 58.3 Å². The van der Waals surface area contributed by atoms with E-state index in [-0.39, 0.29) is 0 Å². The van der Waals surface area contributed by atoms with Gasteiger partial charge in [0.1, 0.15) is 0 Å². The third kappa shape index (κ3) is 2.98. The number of rotatable bonds is 1. The van der Waals surface area contributed by atoms with Crippen molar-refractivity contribution in [2.75, 3.05) is 26.2 Å². The highest BCUT2D eigenvalue weighted by Gasteiger charge is 2.29. The number of nitrogens with zero attached hydrogens (tertiary/aromatic N) is 2. The molecule has 0 aromatic rings. The number of piperazine rings is 1. The molecule has 0 bridgehead atoms. The molecule has 0 atom stereocenters. The van der Waals surface area contributed by atoms with Crippen LogP contribution in [0.25, 0.3) is 0 Å². The molecule has 0 aromatic carbocycles. The summed E-state index contributed by atoms with van der Waals surface area (Å²) < 4.78 is 0. The highest BCUT2D eigenvalue weighted by molar-refractivity contribution is 4.85. The first kappa shape index (κ1) is 12.4. The van der Waals surface area contributed by atoms with Crippen LogP contribution in [0.15, 0.2) is 0 Å². The molecular weight excluding hydrogens is 196 g/mol. The van der Waals surface area contributed by atoms with Crippen molar-refractivity contribution in [3.05, 3.63) is 0 Å². The van der Waals surface area contributed by atoms with Crippen LogP contribution < -0.4 is 0 Å². The van der Waals surface area contributed by atoms with Crippen LogP contribution in [0.5, 0.6) is 0 Å². The van der Waals surface area contributed by atoms with E-state index in [0.717, 1.165) is 6.04 Å². The van der Waals surface area contributed by atoms with Gasteiger partial charge in [-0.1, -0.05) is 19.3 Å². The van der Waals surface area contributed by atoms with Crippen molar-refractivity contribution in [3.8, 4) is 0 Å². The molecule has 2 aliphatic rings. The van der Waals surface area contributed by atoms with E-state index in [2.05, 4.69) is 30.6 Å². The van der Waals surface area contributed by atoms with Gasteiger partial charge >= 0.3 is 0 Å². The molecule has 2 rings (SSSR count). The van der Waals surface area contributed by atoms with Crippen molar-refractivity contribution in [1.29, 1.82) is 0 Å². The Balaban J connectivity index is 1.80. The molecule has 94 valence electrons. The van der Waals surface area contributed by atoms with Crippen molar-refractivity contribution in [2.45, 2.75) is 64.5 Å². The van der Waals surface area contributed by atoms with Crippen LogP contribution in [-0.2, 0) is 0 Å². The summed E-state index contributed by atoms with van der Waals surface area (Å²) in [5.41, 5.74) is 0.360. The van der Waals surface area contributed by atoms with Gasteiger partial charge in [-0.3, -0.25) is 9.80 Å². The molecule has 2 heteroatoms. The van der Waals surface area contributed by atoms with Crippen molar-refractivity contribution >= 4 is 0 Å². The minimum atomic E-state index is 0.360. The summed E-state index contributed by atoms with van der Waals surface area (Å²) in [4.78, 5) is 5.38. The largest absolute Gasteiger partial charge is 0.298 e. The summed E-state index contributed by atoms with van der Waals surface area (Å²) in [6, 6.07) is 0.913. The smallest absolute Gasteiger partial charge is 0.0126 e. The van der Waals surface area contributed by atoms with E-state index in [0.29, 0.717) is 5.54 Å². The second kappa shape index (κ2) is 5.05. The molecule has 1 saturated carbocycles. The SMILES string of the molecule is CC(C)(C)N1CCN(C2CCCCC2)CC1. The Morgan fingerprint density at radius 2 is 1.38 bits per heavy atom. The summed E-state index contributed by atoms with van der Waals surface area (Å²) >= 11 is 0. The lowest BCUT2D eigenvalue weighted by Crippen LogP contribution is -2.55. The Morgan fingerprint density at radius 1 is 0.812 bits per heavy atom. The molecule has 0 aromatic heterocycles. The average Bonchev–Trinajstić information content (AvgIpc) is 2.29. The lowest BCUT2D eigenvalue weighted by molar-refractivity contribution is 0.0333. The summed E-state index contributed by atoms with van der Waals surface area (Å²) in [7, 11) is 0. The maximum atomic E-state index is 2.75. The zero-order valence-electron chi connectivity index (χ0n) is 11.3. The highest BCUT2D eigenvalue weighted by Crippen LogP contribution is 2.24. The standard InChI is InChI=1S/C14H28N2/c1-14(2,3)16-11-9-15(10-12-16)13-7-5-4-6-8-13/h13H,4-12H2,1-3H3. The van der Waals surface area contributed by atoms with Crippen molar-refractivity contribution in [1.82, 2.24) is 9.80 Å². The fourth-order valence-corrected chi connectivity index (χ4v) is 3.20. The zero-order valence-corrected chi connectivity index (χ0v) is 11.3. The minimum absolute atomic E-state index is 0.360. The molecule has 0 N–H and O–H groups in total. The second-order valence-electron chi connectivity index (χ2n) is 6.49. The van der Waals surface area contributed by atoms with Gasteiger partial charge in [-0.2, -0.15) is 0 Å². The summed E-state index contributed by atoms with van der Waals surface area (Å²) in [5.74, 6) is 0. The Labute approximate surface area is 101 Å². The summed E-state index contributed by atoms with van der Waals surface area (Å²) in [6.07, 6.45) is 7.30. The van der Waals surface area contributed by atoms with Gasteiger partial charge in [0.05, 0.1) is 0 Å². The van der Waals surface area contributed by atoms with Crippen LogP contribution in [-0.4, -0.2) is 47.6 Å². The third-order valence-electron chi connectivity index (χ3n) is 4.35. The van der Waals surface area contributed by atoms with Crippen LogP contribution >= 0.6 is 0 Å². The maximum Gasteiger partial charge on any atom is 0.0126 e. The molecule has 0 radical (unpaired) electrons. The van der Waals surface area contributed by atoms with Crippen LogP contribution in [0.3, 0.4) is 0 Å². The maximum absolute atomic E-state index is 2.75. The van der Waals surface area contributed by atoms with Gasteiger partial charge in [0.2, 0.25) is 0 Å². The van der Waals surface area contributed by atoms with E-state index >= 15 is 0 Å². The molecule has 2 fully saturated rings. The fraction of sp³-hybridized carbons (Fsp3) is 1.00. The molecule has 0 spiro atoms. The van der Waals surface area contributed by atoms with E-state index in [1.54, 1.807) is 0 Å². The average molecular weight is 224 g/mol. The van der Waals surface area contributed by atoms with Gasteiger partial charge in [0.25, 0.3) is 0 Å². The van der Waals surface area contributed by atoms with E-state index in [9.17, 15) is 0 Å². The topological polar surface area (TPSA) is 6.48 Å². The molecule has 1 heterocycles. The van der Waals surface area contributed by atoms with E-state index in [4.69, 9.17) is 0 Å². The van der Waals surface area contributed by atoms with Gasteiger partial charge in [-0.15, -0.1) is 0 Å². The lowest BCUT2D eigenvalue weighted by atomic mass is 9.93. The van der Waals surface area contributed by atoms with Crippen LogP contribution in [0, 0.1) is 0 Å². The Morgan fingerprint density at radius 3 is 1.88 bits per heavy atom. The van der Waals surface area contributed by atoms with Crippen molar-refractivity contribution in [2.24, 2.45) is 0 Å². The fourth-order valence-electron chi connectivity index (χ4n) is 3.20. The van der Waals surface area contributed by atoms with Crippen molar-refractivity contribution in [3.63, 3.8) is 0 Å². The second-order valence-corrected chi connectivity index (χ2v) is 6.49. The van der Waals surface area contributed by atoms with Gasteiger partial charge in [0.15, 0.2) is 0 Å². The first-order valence-corrected chi connectivity index (χ1v) is 7.06. The monoisotopic (exact) mass is 224 g/mol. The third-order valence-corrected chi connectivity index (χ3v) is 4.35. The minimum Gasteiger partial charge on any atom is -0.298 e. The Hall–Kier alpha value is -0.0800. The van der Waals surface area contributed by atoms with Gasteiger partial charge in [-0.05, 0) is 33.6 Å². The molecular formula is C14H28N2. The molecule has 0 unspecified atom stereocenters. The van der Waals surface area contributed by atoms with Gasteiger partial charge in [-0.25, -0.2) is 0 Å². The normalized spacial score (nSPS) is 27.2. The summed E-state index contributed by atoms with van der Waals surface area (Å²) in [6.45, 7) is 12.1. The summed E-state index contributed by atoms with van der Waals surface area (Å²) in [5, 5.41) is 0. The number of hydrogen-bond donors (Lipinski definition) is 0. The van der Waals surface area contributed by atoms with Gasteiger partial charge in [0, 0.05) is 37.8 Å².